The molecule has 0 amide bonds. The number of H-pyrrole nitrogens is 1. The van der Waals surface area contributed by atoms with E-state index < -0.39 is 0 Å². The number of fused-ring (bicyclic) bond motifs is 1. The summed E-state index contributed by atoms with van der Waals surface area (Å²) < 4.78 is 19.0. The normalized spacial score (nSPS) is 10.8. The summed E-state index contributed by atoms with van der Waals surface area (Å²) in [7, 11) is 0. The second-order valence-electron chi connectivity index (χ2n) is 3.87. The van der Waals surface area contributed by atoms with Crippen LogP contribution in [-0.2, 0) is 6.61 Å². The van der Waals surface area contributed by atoms with Gasteiger partial charge in [0.25, 0.3) is 0 Å². The van der Waals surface area contributed by atoms with Gasteiger partial charge < -0.3 is 15.5 Å². The summed E-state index contributed by atoms with van der Waals surface area (Å²) in [5.74, 6) is -0.0169. The summed E-state index contributed by atoms with van der Waals surface area (Å²) in [5, 5.41) is 0. The maximum atomic E-state index is 13.5. The lowest BCUT2D eigenvalue weighted by atomic mass is 10.2. The highest BCUT2D eigenvalue weighted by Gasteiger charge is 2.10. The van der Waals surface area contributed by atoms with E-state index in [1.165, 1.54) is 12.4 Å². The fraction of sp³-hybridized carbons (Fsp3) is 0.0833. The number of imidazole rings is 1. The molecule has 0 radical (unpaired) electrons. The molecule has 0 bridgehead atoms. The Balaban J connectivity index is 1.90. The van der Waals surface area contributed by atoms with Crippen LogP contribution in [0.5, 0.6) is 5.88 Å². The molecule has 3 rings (SSSR count). The molecule has 0 spiro atoms. The monoisotopic (exact) mass is 259 g/mol. The van der Waals surface area contributed by atoms with Crippen molar-refractivity contribution in [2.45, 2.75) is 6.61 Å². The van der Waals surface area contributed by atoms with E-state index >= 15 is 0 Å². The van der Waals surface area contributed by atoms with Gasteiger partial charge in [-0.2, -0.15) is 9.97 Å². The van der Waals surface area contributed by atoms with E-state index in [1.807, 2.05) is 0 Å². The molecule has 0 saturated carbocycles. The van der Waals surface area contributed by atoms with E-state index in [0.717, 1.165) is 0 Å². The third-order valence-corrected chi connectivity index (χ3v) is 2.59. The maximum Gasteiger partial charge on any atom is 0.245 e. The number of nitrogens with zero attached hydrogens (tertiary/aromatic N) is 3. The van der Waals surface area contributed by atoms with E-state index in [-0.39, 0.29) is 24.3 Å². The highest BCUT2D eigenvalue weighted by Crippen LogP contribution is 2.21. The lowest BCUT2D eigenvalue weighted by molar-refractivity contribution is 0.291. The zero-order valence-electron chi connectivity index (χ0n) is 9.80. The van der Waals surface area contributed by atoms with E-state index in [9.17, 15) is 4.39 Å². The molecule has 0 atom stereocenters. The van der Waals surface area contributed by atoms with E-state index in [1.54, 1.807) is 18.2 Å². The standard InChI is InChI=1S/C12H10FN5O/c13-8-4-2-1-3-7(8)5-19-11-9-10(16-6-15-9)17-12(14)18-11/h1-4,6H,5H2,(H3,14,15,16,17,18). The van der Waals surface area contributed by atoms with E-state index in [2.05, 4.69) is 19.9 Å². The average molecular weight is 259 g/mol. The summed E-state index contributed by atoms with van der Waals surface area (Å²) in [4.78, 5) is 14.7. The Bertz CT molecular complexity index is 727. The Kier molecular flexibility index (Phi) is 2.71. The Morgan fingerprint density at radius 1 is 1.26 bits per heavy atom. The first-order chi connectivity index (χ1) is 9.24. The summed E-state index contributed by atoms with van der Waals surface area (Å²) in [5.41, 5.74) is 6.94. The van der Waals surface area contributed by atoms with Gasteiger partial charge in [0.15, 0.2) is 5.65 Å². The maximum absolute atomic E-state index is 13.5. The van der Waals surface area contributed by atoms with Crippen LogP contribution in [0.4, 0.5) is 10.3 Å². The van der Waals surface area contributed by atoms with Crippen molar-refractivity contribution >= 4 is 17.1 Å². The van der Waals surface area contributed by atoms with E-state index in [4.69, 9.17) is 10.5 Å². The van der Waals surface area contributed by atoms with Gasteiger partial charge in [-0.05, 0) is 6.07 Å². The number of ether oxygens (including phenoxy) is 1. The number of aromatic amines is 1. The number of halogens is 1. The number of hydrogen-bond acceptors (Lipinski definition) is 5. The molecule has 0 unspecified atom stereocenters. The third-order valence-electron chi connectivity index (χ3n) is 2.59. The highest BCUT2D eigenvalue weighted by atomic mass is 19.1. The minimum absolute atomic E-state index is 0.0528. The zero-order valence-corrected chi connectivity index (χ0v) is 9.80. The fourth-order valence-corrected chi connectivity index (χ4v) is 1.69. The van der Waals surface area contributed by atoms with Crippen LogP contribution in [0, 0.1) is 5.82 Å². The van der Waals surface area contributed by atoms with Gasteiger partial charge in [0.05, 0.1) is 6.33 Å². The van der Waals surface area contributed by atoms with Gasteiger partial charge in [-0.25, -0.2) is 9.37 Å². The van der Waals surface area contributed by atoms with Gasteiger partial charge in [-0.15, -0.1) is 0 Å². The molecule has 3 N–H and O–H groups in total. The van der Waals surface area contributed by atoms with Gasteiger partial charge >= 0.3 is 0 Å². The molecule has 19 heavy (non-hydrogen) atoms. The molecule has 6 nitrogen and oxygen atoms in total. The first kappa shape index (κ1) is 11.4. The van der Waals surface area contributed by atoms with Crippen LogP contribution in [-0.4, -0.2) is 19.9 Å². The minimum Gasteiger partial charge on any atom is -0.471 e. The second-order valence-corrected chi connectivity index (χ2v) is 3.87. The van der Waals surface area contributed by atoms with Crippen molar-refractivity contribution in [1.29, 1.82) is 0 Å². The number of benzene rings is 1. The van der Waals surface area contributed by atoms with Crippen molar-refractivity contribution < 1.29 is 9.13 Å². The van der Waals surface area contributed by atoms with Gasteiger partial charge in [-0.3, -0.25) is 0 Å². The number of nitrogens with two attached hydrogens (primary N) is 1. The predicted octanol–water partition coefficient (Wildman–Crippen LogP) is 1.65. The van der Waals surface area contributed by atoms with Crippen LogP contribution < -0.4 is 10.5 Å². The topological polar surface area (TPSA) is 89.7 Å². The second kappa shape index (κ2) is 4.52. The molecule has 2 heterocycles. The minimum atomic E-state index is -0.328. The summed E-state index contributed by atoms with van der Waals surface area (Å²) >= 11 is 0. The molecular formula is C12H10FN5O. The number of nitrogens with one attached hydrogen (secondary N) is 1. The average Bonchev–Trinajstić information content (AvgIpc) is 2.85. The summed E-state index contributed by atoms with van der Waals surface area (Å²) in [6.45, 7) is 0.0528. The lowest BCUT2D eigenvalue weighted by Crippen LogP contribution is -2.03. The molecular weight excluding hydrogens is 249 g/mol. The van der Waals surface area contributed by atoms with Gasteiger partial charge in [0, 0.05) is 5.56 Å². The molecule has 3 aromatic rings. The molecule has 2 aromatic heterocycles. The number of aromatic nitrogens is 4. The van der Waals surface area contributed by atoms with Crippen molar-refractivity contribution in [2.24, 2.45) is 0 Å². The van der Waals surface area contributed by atoms with Crippen LogP contribution in [0.15, 0.2) is 30.6 Å². The quantitative estimate of drug-likeness (QED) is 0.746. The van der Waals surface area contributed by atoms with Crippen LogP contribution in [0.25, 0.3) is 11.2 Å². The summed E-state index contributed by atoms with van der Waals surface area (Å²) in [6.07, 6.45) is 1.47. The molecule has 0 aliphatic rings. The number of anilines is 1. The van der Waals surface area contributed by atoms with Gasteiger partial charge in [-0.1, -0.05) is 18.2 Å². The molecule has 0 aliphatic heterocycles. The smallest absolute Gasteiger partial charge is 0.245 e. The van der Waals surface area contributed by atoms with Crippen molar-refractivity contribution in [1.82, 2.24) is 19.9 Å². The van der Waals surface area contributed by atoms with Crippen molar-refractivity contribution in [3.05, 3.63) is 42.0 Å². The third kappa shape index (κ3) is 2.17. The molecule has 0 aliphatic carbocycles. The summed E-state index contributed by atoms with van der Waals surface area (Å²) in [6, 6.07) is 6.37. The molecule has 1 aromatic carbocycles. The fourth-order valence-electron chi connectivity index (χ4n) is 1.69. The lowest BCUT2D eigenvalue weighted by Gasteiger charge is -2.07. The van der Waals surface area contributed by atoms with Crippen LogP contribution >= 0.6 is 0 Å². The molecule has 0 fully saturated rings. The largest absolute Gasteiger partial charge is 0.471 e. The Morgan fingerprint density at radius 3 is 2.95 bits per heavy atom. The molecule has 0 saturated heterocycles. The SMILES string of the molecule is Nc1nc(OCc2ccccc2F)c2[nH]cnc2n1. The van der Waals surface area contributed by atoms with Crippen LogP contribution in [0.2, 0.25) is 0 Å². The van der Waals surface area contributed by atoms with Gasteiger partial charge in [0.1, 0.15) is 17.9 Å². The van der Waals surface area contributed by atoms with Crippen LogP contribution in [0.3, 0.4) is 0 Å². The first-order valence-corrected chi connectivity index (χ1v) is 5.57. The Morgan fingerprint density at radius 2 is 2.11 bits per heavy atom. The molecule has 7 heteroatoms. The number of nitrogen functional groups attached to an aromatic ring is 1. The van der Waals surface area contributed by atoms with Crippen molar-refractivity contribution in [3.8, 4) is 5.88 Å². The van der Waals surface area contributed by atoms with Crippen molar-refractivity contribution in [3.63, 3.8) is 0 Å². The van der Waals surface area contributed by atoms with Crippen LogP contribution in [0.1, 0.15) is 5.56 Å². The van der Waals surface area contributed by atoms with E-state index in [0.29, 0.717) is 16.7 Å². The Hall–Kier alpha value is -2.70. The Labute approximate surface area is 107 Å². The predicted molar refractivity (Wildman–Crippen MR) is 66.8 cm³/mol. The zero-order chi connectivity index (χ0) is 13.2. The van der Waals surface area contributed by atoms with Gasteiger partial charge in [0.2, 0.25) is 11.8 Å². The highest BCUT2D eigenvalue weighted by molar-refractivity contribution is 5.76. The first-order valence-electron chi connectivity index (χ1n) is 5.57. The number of hydrogen-bond donors (Lipinski definition) is 2. The molecule has 96 valence electrons. The van der Waals surface area contributed by atoms with Crippen molar-refractivity contribution in [2.75, 3.05) is 5.73 Å². The number of rotatable bonds is 3.